The van der Waals surface area contributed by atoms with E-state index in [-0.39, 0.29) is 16.6 Å². The summed E-state index contributed by atoms with van der Waals surface area (Å²) < 4.78 is 0. The molecule has 142 valence electrons. The Morgan fingerprint density at radius 1 is 1.12 bits per heavy atom. The van der Waals surface area contributed by atoms with Crippen LogP contribution in [0.25, 0.3) is 0 Å². The summed E-state index contributed by atoms with van der Waals surface area (Å²) in [5, 5.41) is 0. The first-order chi connectivity index (χ1) is 12.4. The number of rotatable bonds is 4. The number of carbonyl (C=O) groups is 2. The van der Waals surface area contributed by atoms with E-state index in [9.17, 15) is 9.59 Å². The maximum absolute atomic E-state index is 12.6. The van der Waals surface area contributed by atoms with Gasteiger partial charge in [-0.2, -0.15) is 0 Å². The molecular weight excluding hydrogens is 320 g/mol. The van der Waals surface area contributed by atoms with Gasteiger partial charge in [0.05, 0.1) is 0 Å². The summed E-state index contributed by atoms with van der Waals surface area (Å²) in [6.45, 7) is 6.89. The summed E-state index contributed by atoms with van der Waals surface area (Å²) in [7, 11) is 0. The Bertz CT molecular complexity index is 672. The van der Waals surface area contributed by atoms with Gasteiger partial charge < -0.3 is 0 Å². The highest BCUT2D eigenvalue weighted by Crippen LogP contribution is 2.65. The zero-order chi connectivity index (χ0) is 18.5. The number of fused-ring (bicyclic) bond motifs is 5. The molecule has 2 nitrogen and oxygen atoms in total. The highest BCUT2D eigenvalue weighted by Gasteiger charge is 2.59. The molecule has 4 aliphatic rings. The lowest BCUT2D eigenvalue weighted by atomic mass is 9.46. The summed E-state index contributed by atoms with van der Waals surface area (Å²) in [4.78, 5) is 24.8. The lowest BCUT2D eigenvalue weighted by molar-refractivity contribution is -0.132. The van der Waals surface area contributed by atoms with Crippen molar-refractivity contribution in [2.45, 2.75) is 78.6 Å². The van der Waals surface area contributed by atoms with E-state index in [0.717, 1.165) is 25.7 Å². The van der Waals surface area contributed by atoms with Gasteiger partial charge in [0.25, 0.3) is 0 Å². The average molecular weight is 355 g/mol. The molecule has 6 atom stereocenters. The van der Waals surface area contributed by atoms with Crippen molar-refractivity contribution in [2.24, 2.45) is 34.5 Å². The Morgan fingerprint density at radius 2 is 1.92 bits per heavy atom. The van der Waals surface area contributed by atoms with Crippen LogP contribution in [0, 0.1) is 34.5 Å². The maximum Gasteiger partial charge on any atom is 0.178 e. The molecule has 0 aromatic heterocycles. The minimum absolute atomic E-state index is 0.0284. The number of hydrogen-bond donors (Lipinski definition) is 0. The normalized spacial score (nSPS) is 44.3. The van der Waals surface area contributed by atoms with Gasteiger partial charge in [0.2, 0.25) is 0 Å². The van der Waals surface area contributed by atoms with E-state index >= 15 is 0 Å². The third-order valence-electron chi connectivity index (χ3n) is 8.58. The van der Waals surface area contributed by atoms with Crippen molar-refractivity contribution in [2.75, 3.05) is 0 Å². The van der Waals surface area contributed by atoms with Gasteiger partial charge in [-0.25, -0.2) is 0 Å². The maximum atomic E-state index is 12.6. The minimum Gasteiger partial charge on any atom is -0.299 e. The molecule has 0 amide bonds. The van der Waals surface area contributed by atoms with E-state index < -0.39 is 0 Å². The van der Waals surface area contributed by atoms with Gasteiger partial charge in [0, 0.05) is 17.3 Å². The van der Waals surface area contributed by atoms with Crippen LogP contribution in [0.3, 0.4) is 0 Å². The number of allylic oxidation sites excluding steroid dienone is 4. The van der Waals surface area contributed by atoms with Gasteiger partial charge >= 0.3 is 0 Å². The monoisotopic (exact) mass is 354 g/mol. The number of hydrogen-bond acceptors (Lipinski definition) is 2. The lowest BCUT2D eigenvalue weighted by Gasteiger charge is -2.57. The third-order valence-corrected chi connectivity index (χ3v) is 8.58. The molecule has 0 saturated heterocycles. The SMILES string of the molecule is CCCCC[C@H]1C[C@@H]2[C@H](CC[C@]3(C)C(=O)CC[C@@H]23)[C@@]2(C)C=CC(=O)C=C12. The second kappa shape index (κ2) is 6.46. The zero-order valence-electron chi connectivity index (χ0n) is 16.7. The highest BCUT2D eigenvalue weighted by atomic mass is 16.1. The fourth-order valence-corrected chi connectivity index (χ4v) is 7.11. The van der Waals surface area contributed by atoms with Crippen molar-refractivity contribution < 1.29 is 9.59 Å². The van der Waals surface area contributed by atoms with Crippen molar-refractivity contribution in [3.8, 4) is 0 Å². The molecule has 2 heteroatoms. The Hall–Kier alpha value is -1.18. The summed E-state index contributed by atoms with van der Waals surface area (Å²) in [5.41, 5.74) is 1.37. The van der Waals surface area contributed by atoms with Gasteiger partial charge in [-0.1, -0.05) is 51.7 Å². The lowest BCUT2D eigenvalue weighted by Crippen LogP contribution is -2.51. The van der Waals surface area contributed by atoms with Crippen molar-refractivity contribution >= 4 is 11.6 Å². The molecule has 26 heavy (non-hydrogen) atoms. The molecule has 3 saturated carbocycles. The molecule has 0 bridgehead atoms. The molecule has 0 radical (unpaired) electrons. The van der Waals surface area contributed by atoms with Crippen LogP contribution in [-0.2, 0) is 9.59 Å². The van der Waals surface area contributed by atoms with Gasteiger partial charge in [0.15, 0.2) is 5.78 Å². The molecular formula is C24H34O2. The summed E-state index contributed by atoms with van der Waals surface area (Å²) in [5.74, 6) is 3.03. The molecule has 3 fully saturated rings. The van der Waals surface area contributed by atoms with Gasteiger partial charge in [-0.3, -0.25) is 9.59 Å². The van der Waals surface area contributed by atoms with Crippen LogP contribution in [0.4, 0.5) is 0 Å². The first-order valence-electron chi connectivity index (χ1n) is 10.9. The van der Waals surface area contributed by atoms with Gasteiger partial charge in [-0.15, -0.1) is 0 Å². The van der Waals surface area contributed by atoms with Crippen molar-refractivity contribution in [1.29, 1.82) is 0 Å². The van der Waals surface area contributed by atoms with Crippen LogP contribution >= 0.6 is 0 Å². The Kier molecular flexibility index (Phi) is 4.52. The standard InChI is InChI=1S/C24H34O2/c1-4-5-6-7-16-14-18-19-8-9-22(26)24(19,3)13-11-20(18)23(2)12-10-17(25)15-21(16)23/h10,12,15-16,18-20H,4-9,11,13-14H2,1-3H3/t16-,18-,19-,20-,23+,24-/m0/s1. The van der Waals surface area contributed by atoms with E-state index in [0.29, 0.717) is 29.5 Å². The van der Waals surface area contributed by atoms with Gasteiger partial charge in [-0.05, 0) is 67.9 Å². The second-order valence-electron chi connectivity index (χ2n) is 9.84. The van der Waals surface area contributed by atoms with Crippen molar-refractivity contribution in [3.63, 3.8) is 0 Å². The first-order valence-corrected chi connectivity index (χ1v) is 10.9. The molecule has 4 rings (SSSR count). The van der Waals surface area contributed by atoms with Crippen LogP contribution in [0.1, 0.15) is 78.6 Å². The first kappa shape index (κ1) is 18.2. The van der Waals surface area contributed by atoms with E-state index in [4.69, 9.17) is 0 Å². The predicted molar refractivity (Wildman–Crippen MR) is 105 cm³/mol. The van der Waals surface area contributed by atoms with Gasteiger partial charge in [0.1, 0.15) is 5.78 Å². The zero-order valence-corrected chi connectivity index (χ0v) is 16.7. The smallest absolute Gasteiger partial charge is 0.178 e. The molecule has 0 N–H and O–H groups in total. The Labute approximate surface area is 158 Å². The summed E-state index contributed by atoms with van der Waals surface area (Å²) >= 11 is 0. The molecule has 0 spiro atoms. The van der Waals surface area contributed by atoms with E-state index in [2.05, 4.69) is 26.8 Å². The molecule has 0 aromatic rings. The van der Waals surface area contributed by atoms with Crippen molar-refractivity contribution in [1.82, 2.24) is 0 Å². The highest BCUT2D eigenvalue weighted by molar-refractivity contribution is 6.01. The van der Waals surface area contributed by atoms with E-state index in [1.807, 2.05) is 12.2 Å². The molecule has 0 unspecified atom stereocenters. The van der Waals surface area contributed by atoms with Crippen LogP contribution in [-0.4, -0.2) is 11.6 Å². The Morgan fingerprint density at radius 3 is 2.69 bits per heavy atom. The quantitative estimate of drug-likeness (QED) is 0.610. The topological polar surface area (TPSA) is 34.1 Å². The fraction of sp³-hybridized carbons (Fsp3) is 0.750. The van der Waals surface area contributed by atoms with E-state index in [1.54, 1.807) is 0 Å². The van der Waals surface area contributed by atoms with Crippen LogP contribution in [0.2, 0.25) is 0 Å². The molecule has 0 heterocycles. The average Bonchev–Trinajstić information content (AvgIpc) is 2.92. The number of carbonyl (C=O) groups excluding carboxylic acids is 2. The molecule has 0 aliphatic heterocycles. The summed E-state index contributed by atoms with van der Waals surface area (Å²) in [6.07, 6.45) is 16.2. The van der Waals surface area contributed by atoms with Crippen molar-refractivity contribution in [3.05, 3.63) is 23.8 Å². The van der Waals surface area contributed by atoms with Crippen LogP contribution in [0.15, 0.2) is 23.8 Å². The fourth-order valence-electron chi connectivity index (χ4n) is 7.11. The molecule has 0 aromatic carbocycles. The van der Waals surface area contributed by atoms with E-state index in [1.165, 1.54) is 37.7 Å². The minimum atomic E-state index is -0.0685. The molecule has 4 aliphatic carbocycles. The second-order valence-corrected chi connectivity index (χ2v) is 9.84. The number of Topliss-reactive ketones (excluding diaryl/α,β-unsaturated/α-hetero) is 1. The predicted octanol–water partition coefficient (Wildman–Crippen LogP) is 5.67. The Balaban J connectivity index is 1.69. The van der Waals surface area contributed by atoms with Crippen LogP contribution < -0.4 is 0 Å². The van der Waals surface area contributed by atoms with Crippen LogP contribution in [0.5, 0.6) is 0 Å². The number of unbranched alkanes of at least 4 members (excludes halogenated alkanes) is 2. The summed E-state index contributed by atoms with van der Waals surface area (Å²) in [6, 6.07) is 0. The third kappa shape index (κ3) is 2.59. The number of ketones is 2. The largest absolute Gasteiger partial charge is 0.299 e.